The van der Waals surface area contributed by atoms with Crippen LogP contribution in [-0.4, -0.2) is 26.2 Å². The van der Waals surface area contributed by atoms with Gasteiger partial charge in [0.25, 0.3) is 10.0 Å². The Labute approximate surface area is 214 Å². The predicted octanol–water partition coefficient (Wildman–Crippen LogP) is 7.36. The fourth-order valence-corrected chi connectivity index (χ4v) is 7.22. The average Bonchev–Trinajstić information content (AvgIpc) is 3.10. The van der Waals surface area contributed by atoms with Gasteiger partial charge in [-0.15, -0.1) is 11.3 Å². The Balaban J connectivity index is 2.10. The molecule has 12 heteroatoms. The average molecular weight is 573 g/mol. The van der Waals surface area contributed by atoms with Gasteiger partial charge in [0.2, 0.25) is 5.60 Å². The van der Waals surface area contributed by atoms with Crippen LogP contribution >= 0.6 is 46.1 Å². The summed E-state index contributed by atoms with van der Waals surface area (Å²) in [4.78, 5) is -0.193. The maximum absolute atomic E-state index is 14.0. The SMILES string of the molecule is CC(C)CN(c1ccc(C(O)(c2ccc(Cl)cc2)C(F)(F)F)cc1)S(=O)(=O)c1cc(Cl)sc1Cl. The minimum absolute atomic E-state index is 0.0236. The van der Waals surface area contributed by atoms with Crippen molar-refractivity contribution in [3.05, 3.63) is 79.4 Å². The molecule has 0 aliphatic carbocycles. The molecular weight excluding hydrogens is 554 g/mol. The minimum Gasteiger partial charge on any atom is -0.372 e. The maximum Gasteiger partial charge on any atom is 0.425 e. The van der Waals surface area contributed by atoms with E-state index in [4.69, 9.17) is 34.8 Å². The Kier molecular flexibility index (Phi) is 7.87. The third-order valence-electron chi connectivity index (χ3n) is 4.97. The molecule has 1 atom stereocenters. The van der Waals surface area contributed by atoms with E-state index < -0.39 is 32.9 Å². The first kappa shape index (κ1) is 27.1. The van der Waals surface area contributed by atoms with E-state index in [0.717, 1.165) is 39.9 Å². The van der Waals surface area contributed by atoms with Crippen LogP contribution < -0.4 is 4.31 Å². The highest BCUT2D eigenvalue weighted by atomic mass is 35.5. The molecule has 0 spiro atoms. The highest BCUT2D eigenvalue weighted by Crippen LogP contribution is 2.45. The van der Waals surface area contributed by atoms with E-state index in [1.54, 1.807) is 13.8 Å². The van der Waals surface area contributed by atoms with Crippen molar-refractivity contribution in [2.24, 2.45) is 5.92 Å². The summed E-state index contributed by atoms with van der Waals surface area (Å²) in [5, 5.41) is 11.0. The summed E-state index contributed by atoms with van der Waals surface area (Å²) in [5.74, 6) is -0.122. The standard InChI is InChI=1S/C22H19Cl3F3NO3S2/c1-13(2)12-29(34(31,32)18-11-19(24)33-20(18)25)17-9-5-15(6-10-17)21(30,22(26,27)28)14-3-7-16(23)8-4-14/h3-11,13,30H,12H2,1-2H3. The molecule has 1 N–H and O–H groups in total. The van der Waals surface area contributed by atoms with Crippen LogP contribution in [0.1, 0.15) is 25.0 Å². The Hall–Kier alpha value is -1.49. The molecule has 0 aliphatic heterocycles. The van der Waals surface area contributed by atoms with Crippen molar-refractivity contribution in [1.82, 2.24) is 0 Å². The number of hydrogen-bond donors (Lipinski definition) is 1. The molecule has 0 saturated heterocycles. The van der Waals surface area contributed by atoms with Gasteiger partial charge in [0.15, 0.2) is 0 Å². The molecule has 0 saturated carbocycles. The molecule has 0 bridgehead atoms. The highest BCUT2D eigenvalue weighted by molar-refractivity contribution is 7.93. The summed E-state index contributed by atoms with van der Waals surface area (Å²) >= 11 is 18.7. The lowest BCUT2D eigenvalue weighted by molar-refractivity contribution is -0.248. The smallest absolute Gasteiger partial charge is 0.372 e. The maximum atomic E-state index is 14.0. The Morgan fingerprint density at radius 1 is 0.971 bits per heavy atom. The largest absolute Gasteiger partial charge is 0.425 e. The van der Waals surface area contributed by atoms with Crippen LogP contribution in [0.3, 0.4) is 0 Å². The van der Waals surface area contributed by atoms with Crippen LogP contribution in [0.2, 0.25) is 13.7 Å². The molecule has 1 heterocycles. The van der Waals surface area contributed by atoms with Gasteiger partial charge in [-0.05, 0) is 47.4 Å². The van der Waals surface area contributed by atoms with Crippen LogP contribution in [0.5, 0.6) is 0 Å². The lowest BCUT2D eigenvalue weighted by Gasteiger charge is -2.32. The number of nitrogens with zero attached hydrogens (tertiary/aromatic N) is 1. The summed E-state index contributed by atoms with van der Waals surface area (Å²) in [6, 6.07) is 10.4. The van der Waals surface area contributed by atoms with Gasteiger partial charge in [0, 0.05) is 11.6 Å². The van der Waals surface area contributed by atoms with Gasteiger partial charge in [0.05, 0.1) is 10.0 Å². The van der Waals surface area contributed by atoms with E-state index in [9.17, 15) is 26.7 Å². The first-order valence-corrected chi connectivity index (χ1v) is 13.2. The summed E-state index contributed by atoms with van der Waals surface area (Å²) < 4.78 is 70.1. The van der Waals surface area contributed by atoms with Crippen LogP contribution in [0.15, 0.2) is 59.5 Å². The van der Waals surface area contributed by atoms with Crippen molar-refractivity contribution in [3.8, 4) is 0 Å². The molecule has 1 aromatic heterocycles. The second-order valence-corrected chi connectivity index (χ2v) is 12.4. The molecule has 0 aliphatic rings. The molecule has 0 amide bonds. The van der Waals surface area contributed by atoms with Gasteiger partial charge in [-0.25, -0.2) is 8.42 Å². The summed E-state index contributed by atoms with van der Waals surface area (Å²) in [5.41, 5.74) is -4.13. The molecule has 4 nitrogen and oxygen atoms in total. The van der Waals surface area contributed by atoms with E-state index in [0.29, 0.717) is 0 Å². The van der Waals surface area contributed by atoms with E-state index in [1.807, 2.05) is 0 Å². The van der Waals surface area contributed by atoms with Crippen molar-refractivity contribution in [3.63, 3.8) is 0 Å². The van der Waals surface area contributed by atoms with Crippen LogP contribution in [-0.2, 0) is 15.6 Å². The Morgan fingerprint density at radius 3 is 1.88 bits per heavy atom. The summed E-state index contributed by atoms with van der Waals surface area (Å²) in [7, 11) is -4.16. The summed E-state index contributed by atoms with van der Waals surface area (Å²) in [6.45, 7) is 3.62. The van der Waals surface area contributed by atoms with E-state index in [1.165, 1.54) is 30.3 Å². The van der Waals surface area contributed by atoms with Gasteiger partial charge in [-0.2, -0.15) is 13.2 Å². The molecule has 3 rings (SSSR count). The normalized spacial score (nSPS) is 14.3. The zero-order valence-electron chi connectivity index (χ0n) is 17.8. The Morgan fingerprint density at radius 2 is 1.47 bits per heavy atom. The van der Waals surface area contributed by atoms with Gasteiger partial charge in [-0.3, -0.25) is 4.31 Å². The topological polar surface area (TPSA) is 57.6 Å². The molecule has 34 heavy (non-hydrogen) atoms. The number of anilines is 1. The quantitative estimate of drug-likeness (QED) is 0.322. The van der Waals surface area contributed by atoms with Crippen LogP contribution in [0.25, 0.3) is 0 Å². The van der Waals surface area contributed by atoms with Crippen molar-refractivity contribution in [2.45, 2.75) is 30.5 Å². The number of halogens is 6. The van der Waals surface area contributed by atoms with E-state index in [2.05, 4.69) is 0 Å². The van der Waals surface area contributed by atoms with E-state index >= 15 is 0 Å². The van der Waals surface area contributed by atoms with Gasteiger partial charge < -0.3 is 5.11 Å². The second-order valence-electron chi connectivity index (χ2n) is 7.88. The molecule has 1 unspecified atom stereocenters. The third-order valence-corrected chi connectivity index (χ3v) is 8.77. The fraction of sp³-hybridized carbons (Fsp3) is 0.273. The lowest BCUT2D eigenvalue weighted by atomic mass is 9.85. The second kappa shape index (κ2) is 9.87. The fourth-order valence-electron chi connectivity index (χ4n) is 3.35. The van der Waals surface area contributed by atoms with Crippen molar-refractivity contribution >= 4 is 61.9 Å². The number of sulfonamides is 1. The molecule has 2 aromatic carbocycles. The monoisotopic (exact) mass is 571 g/mol. The molecular formula is C22H19Cl3F3NO3S2. The van der Waals surface area contributed by atoms with E-state index in [-0.39, 0.29) is 36.7 Å². The molecule has 0 fully saturated rings. The third kappa shape index (κ3) is 5.20. The van der Waals surface area contributed by atoms with Crippen LogP contribution in [0, 0.1) is 5.92 Å². The summed E-state index contributed by atoms with van der Waals surface area (Å²) in [6.07, 6.45) is -5.06. The first-order chi connectivity index (χ1) is 15.7. The number of aliphatic hydroxyl groups is 1. The predicted molar refractivity (Wildman–Crippen MR) is 131 cm³/mol. The molecule has 3 aromatic rings. The molecule has 0 radical (unpaired) electrons. The van der Waals surface area contributed by atoms with Gasteiger partial charge in [0.1, 0.15) is 9.23 Å². The highest BCUT2D eigenvalue weighted by Gasteiger charge is 2.56. The lowest BCUT2D eigenvalue weighted by Crippen LogP contribution is -2.43. The Bertz CT molecular complexity index is 1260. The zero-order chi connectivity index (χ0) is 25.5. The van der Waals surface area contributed by atoms with Gasteiger partial charge in [-0.1, -0.05) is 72.9 Å². The zero-order valence-corrected chi connectivity index (χ0v) is 21.7. The van der Waals surface area contributed by atoms with Crippen molar-refractivity contribution in [2.75, 3.05) is 10.8 Å². The first-order valence-electron chi connectivity index (χ1n) is 9.81. The number of alkyl halides is 3. The number of hydrogen-bond acceptors (Lipinski definition) is 4. The van der Waals surface area contributed by atoms with Crippen molar-refractivity contribution in [1.29, 1.82) is 0 Å². The molecule has 184 valence electrons. The van der Waals surface area contributed by atoms with Gasteiger partial charge >= 0.3 is 6.18 Å². The number of rotatable bonds is 7. The minimum atomic E-state index is -5.06. The number of benzene rings is 2. The number of thiophene rings is 1. The van der Waals surface area contributed by atoms with Crippen LogP contribution in [0.4, 0.5) is 18.9 Å². The van der Waals surface area contributed by atoms with Crippen molar-refractivity contribution < 1.29 is 26.7 Å².